The van der Waals surface area contributed by atoms with Gasteiger partial charge in [0.15, 0.2) is 0 Å². The van der Waals surface area contributed by atoms with Gasteiger partial charge in [-0.3, -0.25) is 20.2 Å². The molecule has 2 unspecified atom stereocenters. The predicted octanol–water partition coefficient (Wildman–Crippen LogP) is 8.07. The van der Waals surface area contributed by atoms with Gasteiger partial charge in [0.05, 0.1) is 22.2 Å². The molecule has 2 fully saturated rings. The number of oxime groups is 2. The maximum absolute atomic E-state index is 9.47. The number of hydrogen-bond donors (Lipinski definition) is 3. The van der Waals surface area contributed by atoms with Crippen LogP contribution >= 0.6 is 0 Å². The van der Waals surface area contributed by atoms with Crippen molar-refractivity contribution >= 4 is 23.6 Å². The van der Waals surface area contributed by atoms with Gasteiger partial charge in [0.25, 0.3) is 0 Å². The van der Waals surface area contributed by atoms with Crippen molar-refractivity contribution in [3.8, 4) is 0 Å². The Morgan fingerprint density at radius 3 is 1.51 bits per heavy atom. The molecule has 55 heavy (non-hydrogen) atoms. The number of H-pyrrole nitrogens is 2. The highest BCUT2D eigenvalue weighted by Crippen LogP contribution is 2.44. The molecule has 2 aromatic carbocycles. The first-order valence-corrected chi connectivity index (χ1v) is 18.9. The lowest BCUT2D eigenvalue weighted by Crippen LogP contribution is -2.31. The fourth-order valence-electron chi connectivity index (χ4n) is 8.13. The summed E-state index contributed by atoms with van der Waals surface area (Å²) in [6.07, 6.45) is 18.4. The van der Waals surface area contributed by atoms with Gasteiger partial charge in [-0.05, 0) is 61.1 Å². The minimum Gasteiger partial charge on any atom is -0.411 e. The van der Waals surface area contributed by atoms with Crippen molar-refractivity contribution in [3.63, 3.8) is 0 Å². The number of nitrogens with zero attached hydrogens (tertiary/aromatic N) is 6. The summed E-state index contributed by atoms with van der Waals surface area (Å²) in [4.78, 5) is 14.5. The third-order valence-electron chi connectivity index (χ3n) is 11.3. The first kappa shape index (κ1) is 34.4. The number of pyridine rings is 2. The number of allylic oxidation sites excluding steroid dienone is 2. The van der Waals surface area contributed by atoms with Gasteiger partial charge in [-0.1, -0.05) is 107 Å². The van der Waals surface area contributed by atoms with E-state index in [1.54, 1.807) is 7.11 Å². The standard InChI is InChI=1S/C23H22N4O.C22H20N4O/c1-28-27-21(16-10-11-16)22-18-12-13-23(15-19(18)25-26-22,17-7-3-2-4-8-17)20-9-5-6-14-24-20;27-26-20(15-9-10-15)21-17-11-12-22(14-18(17)24-25-21,16-6-2-1-3-7-16)19-8-4-5-13-23-19/h2-9,12-14,16H,10-11,15H2,1H3,(H,25,26);1-8,11-13,15,27H,9-10,14H2,(H,24,25). The highest BCUT2D eigenvalue weighted by Gasteiger charge is 2.41. The summed E-state index contributed by atoms with van der Waals surface area (Å²) in [6, 6.07) is 33.1. The number of aromatic amines is 2. The number of fused-ring (bicyclic) bond motifs is 2. The van der Waals surface area contributed by atoms with Crippen LogP contribution in [0.15, 0.2) is 132 Å². The Balaban J connectivity index is 0.000000144. The van der Waals surface area contributed by atoms with Gasteiger partial charge in [0, 0.05) is 59.6 Å². The van der Waals surface area contributed by atoms with Gasteiger partial charge in [0.2, 0.25) is 0 Å². The van der Waals surface area contributed by atoms with E-state index < -0.39 is 0 Å². The Morgan fingerprint density at radius 2 is 1.09 bits per heavy atom. The van der Waals surface area contributed by atoms with E-state index in [0.29, 0.717) is 17.5 Å². The van der Waals surface area contributed by atoms with Gasteiger partial charge >= 0.3 is 0 Å². The Hall–Kier alpha value is -6.42. The Bertz CT molecular complexity index is 2310. The quantitative estimate of drug-likeness (QED) is 0.0783. The maximum atomic E-state index is 9.47. The summed E-state index contributed by atoms with van der Waals surface area (Å²) < 4.78 is 0. The van der Waals surface area contributed by atoms with Crippen LogP contribution in [-0.4, -0.2) is 54.1 Å². The van der Waals surface area contributed by atoms with E-state index in [2.05, 4.69) is 121 Å². The number of hydrogen-bond acceptors (Lipinski definition) is 8. The van der Waals surface area contributed by atoms with Crippen LogP contribution in [-0.2, 0) is 28.5 Å². The molecular formula is C45H42N8O2. The molecule has 0 bridgehead atoms. The molecule has 274 valence electrons. The molecule has 10 nitrogen and oxygen atoms in total. The molecule has 0 saturated heterocycles. The minimum atomic E-state index is -0.352. The van der Waals surface area contributed by atoms with Crippen LogP contribution in [0, 0.1) is 11.8 Å². The summed E-state index contributed by atoms with van der Waals surface area (Å²) in [6.45, 7) is 0. The molecule has 0 spiro atoms. The van der Waals surface area contributed by atoms with E-state index >= 15 is 0 Å². The molecule has 4 aliphatic carbocycles. The fraction of sp³-hybridized carbons (Fsp3) is 0.244. The van der Waals surface area contributed by atoms with Gasteiger partial charge < -0.3 is 10.0 Å². The topological polar surface area (TPSA) is 137 Å². The Labute approximate surface area is 319 Å². The Kier molecular flexibility index (Phi) is 9.01. The second-order valence-electron chi connectivity index (χ2n) is 14.7. The number of nitrogens with one attached hydrogen (secondary N) is 2. The molecular weight excluding hydrogens is 685 g/mol. The number of aromatic nitrogens is 6. The summed E-state index contributed by atoms with van der Waals surface area (Å²) in [5, 5.41) is 32.9. The van der Waals surface area contributed by atoms with Crippen LogP contribution in [0.5, 0.6) is 0 Å². The molecule has 4 heterocycles. The lowest BCUT2D eigenvalue weighted by atomic mass is 9.70. The van der Waals surface area contributed by atoms with Crippen molar-refractivity contribution in [1.29, 1.82) is 0 Å². The van der Waals surface area contributed by atoms with E-state index in [9.17, 15) is 5.21 Å². The number of rotatable bonds is 9. The fourth-order valence-corrected chi connectivity index (χ4v) is 8.13. The molecule has 2 saturated carbocycles. The SMILES string of the molecule is CON=C(c1n[nH]c2c1C=CC(c1ccccc1)(c1ccccn1)C2)C1CC1.ON=C(c1n[nH]c2c1C=CC(c1ccccc1)(c1ccccn1)C2)C1CC1. The monoisotopic (exact) mass is 726 g/mol. The second kappa shape index (κ2) is 14.4. The predicted molar refractivity (Wildman–Crippen MR) is 213 cm³/mol. The lowest BCUT2D eigenvalue weighted by molar-refractivity contribution is 0.212. The number of benzene rings is 2. The van der Waals surface area contributed by atoms with Crippen molar-refractivity contribution in [3.05, 3.63) is 178 Å². The van der Waals surface area contributed by atoms with Crippen LogP contribution in [0.1, 0.15) is 82.1 Å². The van der Waals surface area contributed by atoms with Crippen LogP contribution in [0.3, 0.4) is 0 Å². The van der Waals surface area contributed by atoms with Crippen molar-refractivity contribution in [2.45, 2.75) is 49.4 Å². The zero-order valence-electron chi connectivity index (χ0n) is 30.6. The van der Waals surface area contributed by atoms with E-state index in [0.717, 1.165) is 89.5 Å². The van der Waals surface area contributed by atoms with Crippen molar-refractivity contribution in [2.75, 3.05) is 7.11 Å². The van der Waals surface area contributed by atoms with Gasteiger partial charge in [-0.2, -0.15) is 10.2 Å². The molecule has 4 aromatic heterocycles. The largest absolute Gasteiger partial charge is 0.411 e. The molecule has 0 aliphatic heterocycles. The molecule has 10 heteroatoms. The van der Waals surface area contributed by atoms with Crippen molar-refractivity contribution in [2.24, 2.45) is 22.1 Å². The van der Waals surface area contributed by atoms with E-state index in [1.165, 1.54) is 11.1 Å². The second-order valence-corrected chi connectivity index (χ2v) is 14.7. The average Bonchev–Trinajstić information content (AvgIpc) is 4.20. The first-order valence-electron chi connectivity index (χ1n) is 18.9. The van der Waals surface area contributed by atoms with Gasteiger partial charge in [-0.25, -0.2) is 0 Å². The van der Waals surface area contributed by atoms with Crippen molar-refractivity contribution < 1.29 is 10.0 Å². The van der Waals surface area contributed by atoms with Crippen LogP contribution in [0.25, 0.3) is 12.2 Å². The third-order valence-corrected chi connectivity index (χ3v) is 11.3. The summed E-state index contributed by atoms with van der Waals surface area (Å²) in [5.41, 5.74) is 11.4. The zero-order valence-corrected chi connectivity index (χ0v) is 30.6. The normalized spacial score (nSPS) is 21.6. The van der Waals surface area contributed by atoms with E-state index in [4.69, 9.17) is 9.82 Å². The van der Waals surface area contributed by atoms with Crippen LogP contribution in [0.4, 0.5) is 0 Å². The summed E-state index contributed by atoms with van der Waals surface area (Å²) in [5.74, 6) is 0.782. The minimum absolute atomic E-state index is 0.322. The lowest BCUT2D eigenvalue weighted by Gasteiger charge is -2.33. The zero-order chi connectivity index (χ0) is 37.2. The highest BCUT2D eigenvalue weighted by atomic mass is 16.6. The summed E-state index contributed by atoms with van der Waals surface area (Å²) in [7, 11) is 1.60. The maximum Gasteiger partial charge on any atom is 0.117 e. The molecule has 4 aliphatic rings. The summed E-state index contributed by atoms with van der Waals surface area (Å²) >= 11 is 0. The van der Waals surface area contributed by atoms with Crippen LogP contribution < -0.4 is 0 Å². The molecule has 2 atom stereocenters. The van der Waals surface area contributed by atoms with E-state index in [1.807, 2.05) is 48.8 Å². The molecule has 3 N–H and O–H groups in total. The first-order chi connectivity index (χ1) is 27.1. The third kappa shape index (κ3) is 6.37. The molecule has 0 amide bonds. The average molecular weight is 727 g/mol. The molecule has 0 radical (unpaired) electrons. The van der Waals surface area contributed by atoms with E-state index in [-0.39, 0.29) is 10.8 Å². The molecule has 6 aromatic rings. The van der Waals surface area contributed by atoms with Crippen LogP contribution in [0.2, 0.25) is 0 Å². The smallest absolute Gasteiger partial charge is 0.117 e. The van der Waals surface area contributed by atoms with Gasteiger partial charge in [-0.15, -0.1) is 0 Å². The van der Waals surface area contributed by atoms with Crippen molar-refractivity contribution in [1.82, 2.24) is 30.4 Å². The highest BCUT2D eigenvalue weighted by molar-refractivity contribution is 6.05. The Morgan fingerprint density at radius 1 is 0.636 bits per heavy atom. The molecule has 10 rings (SSSR count). The van der Waals surface area contributed by atoms with Gasteiger partial charge in [0.1, 0.15) is 29.9 Å².